The van der Waals surface area contributed by atoms with E-state index in [1.165, 1.54) is 147 Å². The van der Waals surface area contributed by atoms with Crippen LogP contribution in [-0.4, -0.2) is 61.2 Å². The monoisotopic (exact) mass is 1300 g/mol. The van der Waals surface area contributed by atoms with Gasteiger partial charge in [0.05, 0.1) is 48.2 Å². The normalized spacial score (nSPS) is 16.2. The Labute approximate surface area is 546 Å². The Kier molecular flexibility index (Phi) is 22.9. The third-order valence-electron chi connectivity index (χ3n) is 19.6. The van der Waals surface area contributed by atoms with Crippen molar-refractivity contribution in [3.05, 3.63) is 61.8 Å². The molecule has 2 atom stereocenters. The number of hydrogen-bond acceptors (Lipinski definition) is 11. The van der Waals surface area contributed by atoms with Crippen LogP contribution in [-0.2, 0) is 0 Å². The molecule has 9 heterocycles. The molecule has 0 saturated heterocycles. The van der Waals surface area contributed by atoms with Gasteiger partial charge in [0, 0.05) is 62.7 Å². The Bertz CT molecular complexity index is 3550. The number of unbranched alkanes of at least 4 members (excludes halogenated alkanes) is 17. The smallest absolute Gasteiger partial charge is 0.263 e. The van der Waals surface area contributed by atoms with Gasteiger partial charge in [-0.05, 0) is 104 Å². The van der Waals surface area contributed by atoms with E-state index >= 15 is 9.59 Å². The van der Waals surface area contributed by atoms with E-state index in [1.807, 2.05) is 29.6 Å². The summed E-state index contributed by atoms with van der Waals surface area (Å²) in [5, 5.41) is 5.40. The van der Waals surface area contributed by atoms with Gasteiger partial charge in [0.15, 0.2) is 0 Å². The zero-order valence-electron chi connectivity index (χ0n) is 54.3. The van der Waals surface area contributed by atoms with Gasteiger partial charge in [-0.25, -0.2) is 0 Å². The molecule has 1 aromatic carbocycles. The van der Waals surface area contributed by atoms with Crippen LogP contribution in [0.4, 0.5) is 0 Å². The molecule has 4 amide bonds. The van der Waals surface area contributed by atoms with Crippen molar-refractivity contribution in [1.29, 1.82) is 0 Å². The molecule has 3 aliphatic heterocycles. The average molecular weight is 1300 g/mol. The third-order valence-corrected chi connectivity index (χ3v) is 32.9. The highest BCUT2D eigenvalue weighted by atomic mass is 32.1. The molecular formula is C73H98N2O5S6Si. The lowest BCUT2D eigenvalue weighted by Gasteiger charge is -2.35. The zero-order chi connectivity index (χ0) is 61.5. The number of aryl methyl sites for hydroxylation is 3. The molecule has 14 heteroatoms. The minimum atomic E-state index is -2.30. The maximum atomic E-state index is 15.4. The number of thiophene rings is 6. The predicted octanol–water partition coefficient (Wildman–Crippen LogP) is 22.9. The molecule has 0 bridgehead atoms. The zero-order valence-corrected chi connectivity index (χ0v) is 60.2. The van der Waals surface area contributed by atoms with Crippen molar-refractivity contribution in [2.45, 2.75) is 248 Å². The number of rotatable bonds is 37. The molecule has 0 N–H and O–H groups in total. The second kappa shape index (κ2) is 30.1. The molecule has 0 spiro atoms. The molecule has 0 aliphatic carbocycles. The maximum Gasteiger partial charge on any atom is 0.263 e. The highest BCUT2D eigenvalue weighted by Crippen LogP contribution is 2.56. The lowest BCUT2D eigenvalue weighted by Crippen LogP contribution is -2.56. The molecule has 0 saturated carbocycles. The molecule has 6 aromatic heterocycles. The Morgan fingerprint density at radius 2 is 0.862 bits per heavy atom. The standard InChI is InChI=1S/C73H98N2O5S6Si/c1-11-18-23-26-29-32-37-74-70(76)58-48(10)82-65(59(58)71(74)77)54-42-52-62(80-39-34-31-28-25-20-13-3)64-51(47(9)63(52)83-54)41-53(84-64)66-60-61(73(79)75(72(60)78)38-33-30-27-24-19-12-2)67(86-66)55-43-57-69(85-55)68-56(40-46(8)81-68)87(57,44-49(16-6)35-21-14-4)45-50(17-7)36-22-15-5/h40-43,49-50H,11-39,44-45H2,1-10H3. The summed E-state index contributed by atoms with van der Waals surface area (Å²) in [4.78, 5) is 73.3. The summed E-state index contributed by atoms with van der Waals surface area (Å²) < 4.78 is 9.25. The number of fused-ring (bicyclic) bond motifs is 7. The van der Waals surface area contributed by atoms with Crippen LogP contribution in [0.1, 0.15) is 272 Å². The number of hydrogen-bond donors (Lipinski definition) is 0. The highest BCUT2D eigenvalue weighted by Gasteiger charge is 2.51. The number of carbonyl (C=O) groups excluding carboxylic acids is 4. The van der Waals surface area contributed by atoms with E-state index in [0.717, 1.165) is 117 Å². The number of amides is 4. The lowest BCUT2D eigenvalue weighted by atomic mass is 10.0. The summed E-state index contributed by atoms with van der Waals surface area (Å²) in [7, 11) is -2.30. The van der Waals surface area contributed by atoms with Crippen molar-refractivity contribution in [1.82, 2.24) is 9.80 Å². The van der Waals surface area contributed by atoms with Crippen molar-refractivity contribution in [3.63, 3.8) is 0 Å². The minimum absolute atomic E-state index is 0.128. The van der Waals surface area contributed by atoms with E-state index < -0.39 is 8.07 Å². The largest absolute Gasteiger partial charge is 0.491 e. The summed E-state index contributed by atoms with van der Waals surface area (Å²) in [6.45, 7) is 24.2. The van der Waals surface area contributed by atoms with Crippen molar-refractivity contribution < 1.29 is 23.9 Å². The van der Waals surface area contributed by atoms with Crippen LogP contribution in [0, 0.1) is 32.6 Å². The SMILES string of the molecule is CCCCCCCCOc1c2cc(-c3sc(C)c4c3C(=O)N(CCCCCCCC)C4=O)sc2c(C)c2cc(-c3sc(-c4cc5c(s4)-c4sc(C)cc4[Si]5(CC(CC)CCCC)CC(CC)CCCC)c4c3C(=O)N(CCCCCCCC)C4=O)sc12. The Balaban J connectivity index is 1.09. The summed E-state index contributed by atoms with van der Waals surface area (Å²) in [6, 6.07) is 12.3. The summed E-state index contributed by atoms with van der Waals surface area (Å²) in [6.07, 6.45) is 29.9. The van der Waals surface area contributed by atoms with Gasteiger partial charge in [0.25, 0.3) is 23.6 Å². The molecule has 0 radical (unpaired) electrons. The summed E-state index contributed by atoms with van der Waals surface area (Å²) >= 11 is 10.5. The molecule has 10 rings (SSSR count). The first-order valence-electron chi connectivity index (χ1n) is 34.2. The Morgan fingerprint density at radius 3 is 1.40 bits per heavy atom. The second-order valence-electron chi connectivity index (χ2n) is 25.9. The van der Waals surface area contributed by atoms with Crippen LogP contribution in [0.5, 0.6) is 5.75 Å². The van der Waals surface area contributed by atoms with Gasteiger partial charge in [0.2, 0.25) is 0 Å². The lowest BCUT2D eigenvalue weighted by molar-refractivity contribution is 0.0636. The number of ether oxygens (including phenoxy) is 1. The van der Waals surface area contributed by atoms with Gasteiger partial charge < -0.3 is 4.74 Å². The maximum absolute atomic E-state index is 15.4. The number of imide groups is 2. The fraction of sp³-hybridized carbons (Fsp3) is 0.589. The molecular weight excluding hydrogens is 1210 g/mol. The van der Waals surface area contributed by atoms with Crippen molar-refractivity contribution in [2.75, 3.05) is 19.7 Å². The Morgan fingerprint density at radius 1 is 0.425 bits per heavy atom. The number of nitrogens with zero attached hydrogens (tertiary/aromatic N) is 2. The molecule has 3 aliphatic rings. The van der Waals surface area contributed by atoms with Gasteiger partial charge in [-0.15, -0.1) is 68.0 Å². The second-order valence-corrected chi connectivity index (χ2v) is 36.6. The van der Waals surface area contributed by atoms with Gasteiger partial charge >= 0.3 is 0 Å². The quantitative estimate of drug-likeness (QED) is 0.0220. The van der Waals surface area contributed by atoms with E-state index in [2.05, 4.69) is 86.6 Å². The van der Waals surface area contributed by atoms with Crippen LogP contribution in [0.15, 0.2) is 24.3 Å². The molecule has 7 aromatic rings. The molecule has 470 valence electrons. The fourth-order valence-electron chi connectivity index (χ4n) is 14.5. The summed E-state index contributed by atoms with van der Waals surface area (Å²) in [5.41, 5.74) is 3.47. The van der Waals surface area contributed by atoms with E-state index in [1.54, 1.807) is 60.6 Å². The van der Waals surface area contributed by atoms with E-state index in [0.29, 0.717) is 53.8 Å². The predicted molar refractivity (Wildman–Crippen MR) is 382 cm³/mol. The number of benzene rings is 1. The van der Waals surface area contributed by atoms with Gasteiger partial charge in [0.1, 0.15) is 13.8 Å². The first-order valence-corrected chi connectivity index (χ1v) is 41.5. The molecule has 7 nitrogen and oxygen atoms in total. The average Bonchev–Trinajstić information content (AvgIpc) is 1.58. The fourth-order valence-corrected chi connectivity index (χ4v) is 30.0. The van der Waals surface area contributed by atoms with Crippen molar-refractivity contribution in [3.8, 4) is 44.8 Å². The van der Waals surface area contributed by atoms with Crippen LogP contribution < -0.4 is 15.1 Å². The van der Waals surface area contributed by atoms with Gasteiger partial charge in [-0.2, -0.15) is 0 Å². The molecule has 0 fully saturated rings. The first-order chi connectivity index (χ1) is 42.3. The third kappa shape index (κ3) is 13.3. The summed E-state index contributed by atoms with van der Waals surface area (Å²) in [5.74, 6) is 1.61. The van der Waals surface area contributed by atoms with Crippen LogP contribution in [0.2, 0.25) is 12.1 Å². The topological polar surface area (TPSA) is 84.0 Å². The molecule has 2 unspecified atom stereocenters. The van der Waals surface area contributed by atoms with E-state index in [-0.39, 0.29) is 23.6 Å². The van der Waals surface area contributed by atoms with Gasteiger partial charge in [-0.1, -0.05) is 196 Å². The van der Waals surface area contributed by atoms with Gasteiger partial charge in [-0.3, -0.25) is 29.0 Å². The van der Waals surface area contributed by atoms with Crippen LogP contribution in [0.3, 0.4) is 0 Å². The van der Waals surface area contributed by atoms with Crippen LogP contribution in [0.25, 0.3) is 59.2 Å². The highest BCUT2D eigenvalue weighted by molar-refractivity contribution is 7.33. The number of carbonyl (C=O) groups is 4. The minimum Gasteiger partial charge on any atom is -0.491 e. The van der Waals surface area contributed by atoms with E-state index in [9.17, 15) is 9.59 Å². The first kappa shape index (κ1) is 66.2. The van der Waals surface area contributed by atoms with E-state index in [4.69, 9.17) is 4.74 Å². The Hall–Kier alpha value is -3.76. The van der Waals surface area contributed by atoms with Crippen molar-refractivity contribution in [2.24, 2.45) is 11.8 Å². The van der Waals surface area contributed by atoms with Crippen molar-refractivity contribution >= 4 is 130 Å². The molecule has 87 heavy (non-hydrogen) atoms. The van der Waals surface area contributed by atoms with Crippen LogP contribution >= 0.6 is 68.0 Å².